The average molecular weight is 394 g/mol. The van der Waals surface area contributed by atoms with Crippen LogP contribution in [-0.4, -0.2) is 38.4 Å². The molecule has 27 heavy (non-hydrogen) atoms. The number of carboxylic acids is 1. The summed E-state index contributed by atoms with van der Waals surface area (Å²) in [7, 11) is 0. The topological polar surface area (TPSA) is 60.8 Å². The number of benzene rings is 1. The number of hydrogen-bond acceptors (Lipinski definition) is 4. The van der Waals surface area contributed by atoms with Gasteiger partial charge in [0.25, 0.3) is 0 Å². The molecule has 5 heteroatoms. The van der Waals surface area contributed by atoms with Gasteiger partial charge in [-0.3, -0.25) is 9.69 Å². The van der Waals surface area contributed by atoms with Crippen molar-refractivity contribution in [3.8, 4) is 5.75 Å². The highest BCUT2D eigenvalue weighted by Crippen LogP contribution is 2.49. The van der Waals surface area contributed by atoms with Gasteiger partial charge in [0.1, 0.15) is 11.8 Å². The lowest BCUT2D eigenvalue weighted by Crippen LogP contribution is -2.49. The molecule has 0 radical (unpaired) electrons. The van der Waals surface area contributed by atoms with Gasteiger partial charge in [-0.05, 0) is 60.4 Å². The molecular weight excluding hydrogens is 358 g/mol. The minimum atomic E-state index is -0.772. The van der Waals surface area contributed by atoms with Crippen LogP contribution in [0.5, 0.6) is 5.75 Å². The molecule has 1 aliphatic heterocycles. The zero-order valence-electron chi connectivity index (χ0n) is 18.2. The van der Waals surface area contributed by atoms with Crippen molar-refractivity contribution in [3.63, 3.8) is 0 Å². The van der Waals surface area contributed by atoms with Crippen LogP contribution < -0.4 is 0 Å². The van der Waals surface area contributed by atoms with Crippen molar-refractivity contribution in [1.29, 1.82) is 0 Å². The highest BCUT2D eigenvalue weighted by Gasteiger charge is 2.45. The Bertz CT molecular complexity index is 688. The predicted octanol–water partition coefficient (Wildman–Crippen LogP) is 5.29. The van der Waals surface area contributed by atoms with Crippen molar-refractivity contribution in [3.05, 3.63) is 28.8 Å². The molecule has 0 aromatic heterocycles. The van der Waals surface area contributed by atoms with E-state index in [4.69, 9.17) is 0 Å². The largest absolute Gasteiger partial charge is 0.507 e. The number of phenolic OH excluding ortho intramolecular Hbond substituents is 1. The number of aromatic hydroxyl groups is 1. The first-order valence-corrected chi connectivity index (χ1v) is 10.6. The molecule has 2 N–H and O–H groups in total. The normalized spacial score (nSPS) is 22.3. The summed E-state index contributed by atoms with van der Waals surface area (Å²) in [5.74, 6) is 0.151. The molecule has 2 atom stereocenters. The lowest BCUT2D eigenvalue weighted by atomic mass is 9.78. The van der Waals surface area contributed by atoms with Gasteiger partial charge in [-0.25, -0.2) is 0 Å². The molecule has 0 aliphatic carbocycles. The van der Waals surface area contributed by atoms with Crippen LogP contribution in [0.1, 0.15) is 84.4 Å². The molecule has 1 aliphatic rings. The maximum Gasteiger partial charge on any atom is 0.321 e. The fourth-order valence-corrected chi connectivity index (χ4v) is 5.34. The molecule has 0 spiro atoms. The molecule has 152 valence electrons. The summed E-state index contributed by atoms with van der Waals surface area (Å²) in [6.45, 7) is 18.8. The van der Waals surface area contributed by atoms with Gasteiger partial charge < -0.3 is 10.2 Å². The third-order valence-corrected chi connectivity index (χ3v) is 6.42. The second-order valence-electron chi connectivity index (χ2n) is 10.6. The van der Waals surface area contributed by atoms with E-state index < -0.39 is 12.0 Å². The Hall–Kier alpha value is -1.20. The molecule has 0 unspecified atom stereocenters. The fraction of sp³-hybridized carbons (Fsp3) is 0.682. The number of carboxylic acid groups (broad SMARTS) is 1. The summed E-state index contributed by atoms with van der Waals surface area (Å²) in [4.78, 5) is 13.9. The van der Waals surface area contributed by atoms with Crippen LogP contribution in [0.25, 0.3) is 0 Å². The SMILES string of the molecule is CC(C)(C)c1cc([C@H]2SC[C@@H](C(=O)O)N2C(C)(C)C)cc(C(C)(C)C)c1O. The van der Waals surface area contributed by atoms with Crippen LogP contribution in [-0.2, 0) is 15.6 Å². The molecule has 1 aromatic rings. The van der Waals surface area contributed by atoms with E-state index in [2.05, 4.69) is 79.3 Å². The molecule has 0 bridgehead atoms. The molecule has 4 nitrogen and oxygen atoms in total. The first-order valence-electron chi connectivity index (χ1n) is 9.56. The molecule has 2 rings (SSSR count). The van der Waals surface area contributed by atoms with Crippen molar-refractivity contribution in [2.24, 2.45) is 0 Å². The quantitative estimate of drug-likeness (QED) is 0.715. The lowest BCUT2D eigenvalue weighted by molar-refractivity contribution is -0.144. The molecule has 1 fully saturated rings. The number of hydrogen-bond donors (Lipinski definition) is 2. The number of aliphatic carboxylic acids is 1. The Balaban J connectivity index is 2.69. The zero-order chi connectivity index (χ0) is 20.9. The monoisotopic (exact) mass is 393 g/mol. The van der Waals surface area contributed by atoms with Gasteiger partial charge in [0.2, 0.25) is 0 Å². The summed E-state index contributed by atoms with van der Waals surface area (Å²) >= 11 is 1.67. The number of phenols is 1. The third kappa shape index (κ3) is 4.45. The van der Waals surface area contributed by atoms with E-state index in [0.29, 0.717) is 11.5 Å². The first kappa shape index (κ1) is 22.1. The fourth-order valence-electron chi connectivity index (χ4n) is 3.72. The van der Waals surface area contributed by atoms with E-state index in [9.17, 15) is 15.0 Å². The molecule has 1 saturated heterocycles. The van der Waals surface area contributed by atoms with Crippen LogP contribution in [0, 0.1) is 0 Å². The van der Waals surface area contributed by atoms with Crippen molar-refractivity contribution in [1.82, 2.24) is 4.90 Å². The van der Waals surface area contributed by atoms with Crippen LogP contribution in [0.15, 0.2) is 12.1 Å². The highest BCUT2D eigenvalue weighted by atomic mass is 32.2. The summed E-state index contributed by atoms with van der Waals surface area (Å²) in [5, 5.41) is 20.7. The summed E-state index contributed by atoms with van der Waals surface area (Å²) in [5.41, 5.74) is 2.21. The minimum absolute atomic E-state index is 0.0473. The molecule has 0 saturated carbocycles. The smallest absolute Gasteiger partial charge is 0.321 e. The van der Waals surface area contributed by atoms with Gasteiger partial charge in [0.05, 0.1) is 5.37 Å². The standard InChI is InChI=1S/C22H35NO3S/c1-20(2,3)14-10-13(11-15(17(14)24)21(4,5)6)18-23(22(7,8)9)16(12-27-18)19(25)26/h10-11,16,18,24H,12H2,1-9H3,(H,25,26)/t16-,18+/m0/s1. The van der Waals surface area contributed by atoms with Gasteiger partial charge in [-0.1, -0.05) is 41.5 Å². The van der Waals surface area contributed by atoms with E-state index >= 15 is 0 Å². The molecule has 1 heterocycles. The van der Waals surface area contributed by atoms with Crippen LogP contribution in [0.3, 0.4) is 0 Å². The van der Waals surface area contributed by atoms with Crippen molar-refractivity contribution < 1.29 is 15.0 Å². The average Bonchev–Trinajstić information content (AvgIpc) is 2.90. The highest BCUT2D eigenvalue weighted by molar-refractivity contribution is 7.99. The van der Waals surface area contributed by atoms with Gasteiger partial charge in [-0.2, -0.15) is 0 Å². The Morgan fingerprint density at radius 1 is 1.00 bits per heavy atom. The van der Waals surface area contributed by atoms with Crippen molar-refractivity contribution in [2.75, 3.05) is 5.75 Å². The molecular formula is C22H35NO3S. The van der Waals surface area contributed by atoms with Gasteiger partial charge in [0.15, 0.2) is 0 Å². The predicted molar refractivity (Wildman–Crippen MR) is 114 cm³/mol. The number of rotatable bonds is 2. The van der Waals surface area contributed by atoms with Crippen molar-refractivity contribution >= 4 is 17.7 Å². The Labute approximate surface area is 168 Å². The van der Waals surface area contributed by atoms with E-state index in [0.717, 1.165) is 16.7 Å². The number of nitrogens with zero attached hydrogens (tertiary/aromatic N) is 1. The summed E-state index contributed by atoms with van der Waals surface area (Å²) in [6.07, 6.45) is 0. The van der Waals surface area contributed by atoms with E-state index in [1.165, 1.54) is 0 Å². The molecule has 0 amide bonds. The van der Waals surface area contributed by atoms with Gasteiger partial charge in [0, 0.05) is 11.3 Å². The number of thioether (sulfide) groups is 1. The lowest BCUT2D eigenvalue weighted by Gasteiger charge is -2.40. The van der Waals surface area contributed by atoms with E-state index in [-0.39, 0.29) is 21.7 Å². The second-order valence-corrected chi connectivity index (χ2v) is 11.7. The van der Waals surface area contributed by atoms with E-state index in [1.807, 2.05) is 0 Å². The van der Waals surface area contributed by atoms with Crippen molar-refractivity contribution in [2.45, 2.75) is 90.1 Å². The maximum atomic E-state index is 11.8. The van der Waals surface area contributed by atoms with Gasteiger partial charge >= 0.3 is 5.97 Å². The second kappa shape index (κ2) is 7.00. The van der Waals surface area contributed by atoms with Gasteiger partial charge in [-0.15, -0.1) is 11.8 Å². The first-order chi connectivity index (χ1) is 12.0. The van der Waals surface area contributed by atoms with Crippen LogP contribution >= 0.6 is 11.8 Å². The summed E-state index contributed by atoms with van der Waals surface area (Å²) in [6, 6.07) is 3.64. The van der Waals surface area contributed by atoms with Crippen LogP contribution in [0.4, 0.5) is 0 Å². The minimum Gasteiger partial charge on any atom is -0.507 e. The third-order valence-electron chi connectivity index (χ3n) is 5.09. The number of carbonyl (C=O) groups is 1. The Kier molecular flexibility index (Phi) is 5.73. The Morgan fingerprint density at radius 3 is 1.78 bits per heavy atom. The van der Waals surface area contributed by atoms with Crippen LogP contribution in [0.2, 0.25) is 0 Å². The maximum absolute atomic E-state index is 11.8. The summed E-state index contributed by atoms with van der Waals surface area (Å²) < 4.78 is 0. The van der Waals surface area contributed by atoms with E-state index in [1.54, 1.807) is 11.8 Å². The Morgan fingerprint density at radius 2 is 1.44 bits per heavy atom. The molecule has 1 aromatic carbocycles. The zero-order valence-corrected chi connectivity index (χ0v) is 19.0.